The van der Waals surface area contributed by atoms with Crippen LogP contribution in [0.5, 0.6) is 0 Å². The lowest BCUT2D eigenvalue weighted by Gasteiger charge is -2.23. The average Bonchev–Trinajstić information content (AvgIpc) is 2.30. The zero-order chi connectivity index (χ0) is 13.5. The summed E-state index contributed by atoms with van der Waals surface area (Å²) in [6.07, 6.45) is 4.25. The number of nitrogen functional groups attached to an aromatic ring is 1. The zero-order valence-electron chi connectivity index (χ0n) is 12.0. The van der Waals surface area contributed by atoms with Crippen molar-refractivity contribution in [1.29, 1.82) is 0 Å². The molecule has 0 saturated carbocycles. The second-order valence-corrected chi connectivity index (χ2v) is 4.85. The molecule has 1 heterocycles. The van der Waals surface area contributed by atoms with E-state index in [4.69, 9.17) is 5.73 Å². The Bertz CT molecular complexity index is 361. The van der Waals surface area contributed by atoms with Crippen LogP contribution in [0.25, 0.3) is 0 Å². The summed E-state index contributed by atoms with van der Waals surface area (Å²) in [5, 5.41) is 3.45. The molecule has 4 nitrogen and oxygen atoms in total. The van der Waals surface area contributed by atoms with Crippen LogP contribution in [-0.2, 0) is 6.42 Å². The highest BCUT2D eigenvalue weighted by Crippen LogP contribution is 2.18. The number of hydrogen-bond donors (Lipinski definition) is 2. The summed E-state index contributed by atoms with van der Waals surface area (Å²) in [5.74, 6) is 2.89. The smallest absolute Gasteiger partial charge is 0.133 e. The molecule has 1 unspecified atom stereocenters. The van der Waals surface area contributed by atoms with E-state index in [1.165, 1.54) is 12.8 Å². The van der Waals surface area contributed by atoms with E-state index in [1.54, 1.807) is 0 Å². The molecule has 0 radical (unpaired) electrons. The second-order valence-electron chi connectivity index (χ2n) is 4.85. The SMILES string of the molecule is CCCc1nc(N)cc(NC(C)C(CC)CC)n1. The van der Waals surface area contributed by atoms with Gasteiger partial charge in [-0.15, -0.1) is 0 Å². The molecule has 1 aromatic heterocycles. The minimum Gasteiger partial charge on any atom is -0.384 e. The van der Waals surface area contributed by atoms with Crippen molar-refractivity contribution >= 4 is 11.6 Å². The molecule has 4 heteroatoms. The van der Waals surface area contributed by atoms with Gasteiger partial charge < -0.3 is 11.1 Å². The Morgan fingerprint density at radius 1 is 1.22 bits per heavy atom. The van der Waals surface area contributed by atoms with Gasteiger partial charge in [0.15, 0.2) is 0 Å². The zero-order valence-corrected chi connectivity index (χ0v) is 12.0. The van der Waals surface area contributed by atoms with Crippen LogP contribution < -0.4 is 11.1 Å². The standard InChI is InChI=1S/C14H26N4/c1-5-8-13-17-12(15)9-14(18-13)16-10(4)11(6-2)7-3/h9-11H,5-8H2,1-4H3,(H3,15,16,17,18). The van der Waals surface area contributed by atoms with Gasteiger partial charge in [0, 0.05) is 18.5 Å². The maximum Gasteiger partial charge on any atom is 0.133 e. The van der Waals surface area contributed by atoms with Crippen molar-refractivity contribution in [3.8, 4) is 0 Å². The van der Waals surface area contributed by atoms with E-state index in [9.17, 15) is 0 Å². The van der Waals surface area contributed by atoms with E-state index in [-0.39, 0.29) is 0 Å². The van der Waals surface area contributed by atoms with Crippen molar-refractivity contribution in [2.45, 2.75) is 59.4 Å². The lowest BCUT2D eigenvalue weighted by molar-refractivity contribution is 0.437. The highest BCUT2D eigenvalue weighted by atomic mass is 15.1. The topological polar surface area (TPSA) is 63.8 Å². The molecule has 0 fully saturated rings. The molecule has 0 spiro atoms. The quantitative estimate of drug-likeness (QED) is 0.779. The number of hydrogen-bond acceptors (Lipinski definition) is 4. The summed E-state index contributed by atoms with van der Waals surface area (Å²) in [7, 11) is 0. The van der Waals surface area contributed by atoms with Crippen molar-refractivity contribution < 1.29 is 0 Å². The van der Waals surface area contributed by atoms with E-state index in [0.717, 1.165) is 24.5 Å². The van der Waals surface area contributed by atoms with Crippen LogP contribution in [0.1, 0.15) is 52.8 Å². The Kier molecular flexibility index (Phi) is 5.89. The molecule has 1 rings (SSSR count). The van der Waals surface area contributed by atoms with Gasteiger partial charge in [-0.05, 0) is 19.3 Å². The highest BCUT2D eigenvalue weighted by molar-refractivity contribution is 5.45. The number of nitrogens with zero attached hydrogens (tertiary/aromatic N) is 2. The number of anilines is 2. The summed E-state index contributed by atoms with van der Waals surface area (Å²) in [4.78, 5) is 8.75. The summed E-state index contributed by atoms with van der Waals surface area (Å²) in [5.41, 5.74) is 5.82. The Labute approximate surface area is 110 Å². The van der Waals surface area contributed by atoms with E-state index in [1.807, 2.05) is 6.07 Å². The van der Waals surface area contributed by atoms with Gasteiger partial charge >= 0.3 is 0 Å². The highest BCUT2D eigenvalue weighted by Gasteiger charge is 2.14. The van der Waals surface area contributed by atoms with Crippen molar-refractivity contribution in [3.05, 3.63) is 11.9 Å². The summed E-state index contributed by atoms with van der Waals surface area (Å²) < 4.78 is 0. The molecule has 18 heavy (non-hydrogen) atoms. The van der Waals surface area contributed by atoms with Crippen molar-refractivity contribution in [2.24, 2.45) is 5.92 Å². The summed E-state index contributed by atoms with van der Waals surface area (Å²) >= 11 is 0. The first-order valence-corrected chi connectivity index (χ1v) is 7.00. The van der Waals surface area contributed by atoms with Gasteiger partial charge in [-0.3, -0.25) is 0 Å². The molecular weight excluding hydrogens is 224 g/mol. The van der Waals surface area contributed by atoms with Crippen LogP contribution in [0.15, 0.2) is 6.07 Å². The largest absolute Gasteiger partial charge is 0.384 e. The fraction of sp³-hybridized carbons (Fsp3) is 0.714. The van der Waals surface area contributed by atoms with E-state index >= 15 is 0 Å². The third kappa shape index (κ3) is 4.17. The Hall–Kier alpha value is -1.32. The Balaban J connectivity index is 2.77. The first-order valence-electron chi connectivity index (χ1n) is 7.00. The molecule has 0 aliphatic rings. The molecule has 0 saturated heterocycles. The maximum absolute atomic E-state index is 5.82. The van der Waals surface area contributed by atoms with Gasteiger partial charge in [0.25, 0.3) is 0 Å². The van der Waals surface area contributed by atoms with Crippen molar-refractivity contribution in [1.82, 2.24) is 9.97 Å². The number of rotatable bonds is 7. The minimum absolute atomic E-state index is 0.406. The number of nitrogens with one attached hydrogen (secondary N) is 1. The molecule has 3 N–H and O–H groups in total. The molecule has 0 amide bonds. The molecule has 0 aromatic carbocycles. The van der Waals surface area contributed by atoms with Crippen LogP contribution in [0.2, 0.25) is 0 Å². The molecular formula is C14H26N4. The van der Waals surface area contributed by atoms with Crippen LogP contribution in [0, 0.1) is 5.92 Å². The van der Waals surface area contributed by atoms with E-state index in [0.29, 0.717) is 17.8 Å². The van der Waals surface area contributed by atoms with Crippen LogP contribution in [0.3, 0.4) is 0 Å². The van der Waals surface area contributed by atoms with Gasteiger partial charge in [0.1, 0.15) is 17.5 Å². The molecule has 0 bridgehead atoms. The maximum atomic E-state index is 5.82. The Morgan fingerprint density at radius 2 is 1.89 bits per heavy atom. The minimum atomic E-state index is 0.406. The fourth-order valence-corrected chi connectivity index (χ4v) is 2.27. The van der Waals surface area contributed by atoms with Crippen molar-refractivity contribution in [2.75, 3.05) is 11.1 Å². The molecule has 1 aromatic rings. The predicted molar refractivity (Wildman–Crippen MR) is 77.6 cm³/mol. The van der Waals surface area contributed by atoms with Gasteiger partial charge in [-0.25, -0.2) is 9.97 Å². The number of nitrogens with two attached hydrogens (primary N) is 1. The van der Waals surface area contributed by atoms with Gasteiger partial charge in [-0.1, -0.05) is 33.6 Å². The van der Waals surface area contributed by atoms with Gasteiger partial charge in [0.2, 0.25) is 0 Å². The van der Waals surface area contributed by atoms with Crippen LogP contribution in [-0.4, -0.2) is 16.0 Å². The Morgan fingerprint density at radius 3 is 2.44 bits per heavy atom. The first-order chi connectivity index (χ1) is 8.60. The van der Waals surface area contributed by atoms with Crippen molar-refractivity contribution in [3.63, 3.8) is 0 Å². The first kappa shape index (κ1) is 14.7. The van der Waals surface area contributed by atoms with E-state index in [2.05, 4.69) is 43.0 Å². The van der Waals surface area contributed by atoms with Crippen LogP contribution >= 0.6 is 0 Å². The summed E-state index contributed by atoms with van der Waals surface area (Å²) in [6.45, 7) is 8.77. The normalized spacial score (nSPS) is 12.7. The fourth-order valence-electron chi connectivity index (χ4n) is 2.27. The number of aromatic nitrogens is 2. The predicted octanol–water partition coefficient (Wildman–Crippen LogP) is 3.25. The molecule has 102 valence electrons. The lowest BCUT2D eigenvalue weighted by Crippen LogP contribution is -2.25. The van der Waals surface area contributed by atoms with E-state index < -0.39 is 0 Å². The van der Waals surface area contributed by atoms with Crippen LogP contribution in [0.4, 0.5) is 11.6 Å². The molecule has 1 atom stereocenters. The summed E-state index contributed by atoms with van der Waals surface area (Å²) in [6, 6.07) is 2.22. The molecule has 0 aliphatic carbocycles. The second kappa shape index (κ2) is 7.19. The number of aryl methyl sites for hydroxylation is 1. The van der Waals surface area contributed by atoms with Gasteiger partial charge in [0.05, 0.1) is 0 Å². The third-order valence-corrected chi connectivity index (χ3v) is 3.40. The average molecular weight is 250 g/mol. The van der Waals surface area contributed by atoms with Gasteiger partial charge in [-0.2, -0.15) is 0 Å². The lowest BCUT2D eigenvalue weighted by atomic mass is 9.95. The molecule has 0 aliphatic heterocycles. The monoisotopic (exact) mass is 250 g/mol. The third-order valence-electron chi connectivity index (χ3n) is 3.40.